The zero-order chi connectivity index (χ0) is 12.3. The number of aryl methyl sites for hydroxylation is 1. The number of hydrogen-bond donors (Lipinski definition) is 0. The van der Waals surface area contributed by atoms with Gasteiger partial charge in [0.2, 0.25) is 0 Å². The van der Waals surface area contributed by atoms with Gasteiger partial charge in [-0.2, -0.15) is 4.40 Å². The van der Waals surface area contributed by atoms with Crippen molar-refractivity contribution in [2.45, 2.75) is 32.4 Å². The summed E-state index contributed by atoms with van der Waals surface area (Å²) in [6, 6.07) is 5.64. The predicted molar refractivity (Wildman–Crippen MR) is 71.7 cm³/mol. The molecule has 0 saturated carbocycles. The summed E-state index contributed by atoms with van der Waals surface area (Å²) in [7, 11) is -1.24. The van der Waals surface area contributed by atoms with Gasteiger partial charge in [-0.05, 0) is 39.3 Å². The molecule has 0 N–H and O–H groups in total. The smallest absolute Gasteiger partial charge is 0.144 e. The van der Waals surface area contributed by atoms with Crippen molar-refractivity contribution in [3.8, 4) is 0 Å². The minimum absolute atomic E-state index is 0.342. The van der Waals surface area contributed by atoms with Crippen LogP contribution in [0.3, 0.4) is 0 Å². The molecule has 0 saturated heterocycles. The van der Waals surface area contributed by atoms with Gasteiger partial charge in [0.25, 0.3) is 0 Å². The SMILES string of the molecule is Cc1cccc(Cl)c1C=NS(=O)C(C)(C)C. The van der Waals surface area contributed by atoms with E-state index in [1.807, 2.05) is 39.8 Å². The molecule has 1 atom stereocenters. The normalized spacial score (nSPS) is 14.3. The van der Waals surface area contributed by atoms with Crippen LogP contribution in [0.25, 0.3) is 0 Å². The maximum Gasteiger partial charge on any atom is 0.144 e. The lowest BCUT2D eigenvalue weighted by Gasteiger charge is -2.13. The van der Waals surface area contributed by atoms with E-state index < -0.39 is 11.0 Å². The third-order valence-electron chi connectivity index (χ3n) is 2.07. The van der Waals surface area contributed by atoms with Gasteiger partial charge in [-0.15, -0.1) is 0 Å². The molecule has 1 unspecified atom stereocenters. The Balaban J connectivity index is 2.98. The molecule has 1 aromatic rings. The van der Waals surface area contributed by atoms with Crippen LogP contribution >= 0.6 is 11.6 Å². The molecule has 88 valence electrons. The highest BCUT2D eigenvalue weighted by molar-refractivity contribution is 7.85. The first-order chi connectivity index (χ1) is 7.32. The second-order valence-corrected chi connectivity index (χ2v) is 6.91. The summed E-state index contributed by atoms with van der Waals surface area (Å²) in [5.41, 5.74) is 1.86. The zero-order valence-corrected chi connectivity index (χ0v) is 11.5. The Labute approximate surface area is 104 Å². The summed E-state index contributed by atoms with van der Waals surface area (Å²) >= 11 is 6.04. The van der Waals surface area contributed by atoms with Gasteiger partial charge in [0, 0.05) is 16.8 Å². The first-order valence-corrected chi connectivity index (χ1v) is 6.52. The van der Waals surface area contributed by atoms with Crippen LogP contribution in [0.5, 0.6) is 0 Å². The number of rotatable bonds is 2. The number of benzene rings is 1. The molecule has 0 spiro atoms. The molecule has 4 heteroatoms. The molecular weight excluding hydrogens is 242 g/mol. The first kappa shape index (κ1) is 13.4. The Hall–Kier alpha value is -0.670. The lowest BCUT2D eigenvalue weighted by Crippen LogP contribution is -2.19. The second-order valence-electron chi connectivity index (χ2n) is 4.57. The molecular formula is C12H16ClNOS. The van der Waals surface area contributed by atoms with Gasteiger partial charge in [-0.3, -0.25) is 0 Å². The Morgan fingerprint density at radius 2 is 2.00 bits per heavy atom. The molecule has 0 fully saturated rings. The minimum Gasteiger partial charge on any atom is -0.234 e. The topological polar surface area (TPSA) is 29.4 Å². The Morgan fingerprint density at radius 3 is 2.50 bits per heavy atom. The summed E-state index contributed by atoms with van der Waals surface area (Å²) < 4.78 is 15.4. The third kappa shape index (κ3) is 3.42. The molecule has 1 aromatic carbocycles. The van der Waals surface area contributed by atoms with Crippen LogP contribution in [0.4, 0.5) is 0 Å². The van der Waals surface area contributed by atoms with Crippen molar-refractivity contribution in [2.75, 3.05) is 0 Å². The van der Waals surface area contributed by atoms with Crippen LogP contribution < -0.4 is 0 Å². The molecule has 0 bridgehead atoms. The summed E-state index contributed by atoms with van der Waals surface area (Å²) in [6.45, 7) is 7.62. The Morgan fingerprint density at radius 1 is 1.38 bits per heavy atom. The molecule has 0 aliphatic rings. The van der Waals surface area contributed by atoms with Crippen molar-refractivity contribution in [3.63, 3.8) is 0 Å². The maximum absolute atomic E-state index is 11.7. The highest BCUT2D eigenvalue weighted by Crippen LogP contribution is 2.18. The van der Waals surface area contributed by atoms with E-state index in [2.05, 4.69) is 4.40 Å². The van der Waals surface area contributed by atoms with E-state index in [1.54, 1.807) is 12.3 Å². The van der Waals surface area contributed by atoms with E-state index in [9.17, 15) is 4.21 Å². The molecule has 0 radical (unpaired) electrons. The molecule has 1 rings (SSSR count). The van der Waals surface area contributed by atoms with Crippen molar-refractivity contribution in [1.29, 1.82) is 0 Å². The Bertz CT molecular complexity index is 415. The van der Waals surface area contributed by atoms with Gasteiger partial charge in [-0.1, -0.05) is 23.7 Å². The fraction of sp³-hybridized carbons (Fsp3) is 0.417. The molecule has 0 heterocycles. The van der Waals surface area contributed by atoms with Crippen molar-refractivity contribution < 1.29 is 4.21 Å². The molecule has 0 amide bonds. The maximum atomic E-state index is 11.7. The number of nitrogens with zero attached hydrogens (tertiary/aromatic N) is 1. The average molecular weight is 258 g/mol. The lowest BCUT2D eigenvalue weighted by molar-refractivity contribution is 0.651. The van der Waals surface area contributed by atoms with Crippen LogP contribution in [0, 0.1) is 6.92 Å². The second kappa shape index (κ2) is 5.11. The van der Waals surface area contributed by atoms with Crippen LogP contribution in [0.2, 0.25) is 5.02 Å². The molecule has 16 heavy (non-hydrogen) atoms. The van der Waals surface area contributed by atoms with Crippen LogP contribution in [-0.4, -0.2) is 15.2 Å². The first-order valence-electron chi connectivity index (χ1n) is 5.03. The average Bonchev–Trinajstić information content (AvgIpc) is 2.15. The molecule has 2 nitrogen and oxygen atoms in total. The monoisotopic (exact) mass is 257 g/mol. The van der Waals surface area contributed by atoms with E-state index in [-0.39, 0.29) is 4.75 Å². The van der Waals surface area contributed by atoms with Gasteiger partial charge in [0.15, 0.2) is 0 Å². The zero-order valence-electron chi connectivity index (χ0n) is 9.95. The lowest BCUT2D eigenvalue weighted by atomic mass is 10.1. The largest absolute Gasteiger partial charge is 0.234 e. The highest BCUT2D eigenvalue weighted by atomic mass is 35.5. The van der Waals surface area contributed by atoms with Crippen LogP contribution in [-0.2, 0) is 11.0 Å². The van der Waals surface area contributed by atoms with Gasteiger partial charge in [0.05, 0.1) is 4.75 Å². The predicted octanol–water partition coefficient (Wildman–Crippen LogP) is 3.53. The van der Waals surface area contributed by atoms with Crippen molar-refractivity contribution >= 4 is 28.8 Å². The molecule has 0 aliphatic carbocycles. The Kier molecular flexibility index (Phi) is 4.28. The van der Waals surface area contributed by atoms with E-state index >= 15 is 0 Å². The molecule has 0 aliphatic heterocycles. The van der Waals surface area contributed by atoms with Gasteiger partial charge < -0.3 is 0 Å². The standard InChI is InChI=1S/C12H16ClNOS/c1-9-6-5-7-11(13)10(9)8-14-16(15)12(2,3)4/h5-8H,1-4H3. The van der Waals surface area contributed by atoms with E-state index in [1.165, 1.54) is 0 Å². The quantitative estimate of drug-likeness (QED) is 0.746. The summed E-state index contributed by atoms with van der Waals surface area (Å²) in [5, 5.41) is 0.634. The fourth-order valence-electron chi connectivity index (χ4n) is 1.07. The summed E-state index contributed by atoms with van der Waals surface area (Å²) in [5.74, 6) is 0. The summed E-state index contributed by atoms with van der Waals surface area (Å²) in [4.78, 5) is 0. The summed E-state index contributed by atoms with van der Waals surface area (Å²) in [6.07, 6.45) is 1.60. The van der Waals surface area contributed by atoms with Gasteiger partial charge in [0.1, 0.15) is 11.0 Å². The van der Waals surface area contributed by atoms with Gasteiger partial charge in [-0.25, -0.2) is 4.21 Å². The van der Waals surface area contributed by atoms with Crippen molar-refractivity contribution in [2.24, 2.45) is 4.40 Å². The number of hydrogen-bond acceptors (Lipinski definition) is 1. The van der Waals surface area contributed by atoms with E-state index in [0.717, 1.165) is 11.1 Å². The highest BCUT2D eigenvalue weighted by Gasteiger charge is 2.18. The van der Waals surface area contributed by atoms with E-state index in [0.29, 0.717) is 5.02 Å². The van der Waals surface area contributed by atoms with Crippen molar-refractivity contribution in [1.82, 2.24) is 0 Å². The van der Waals surface area contributed by atoms with E-state index in [4.69, 9.17) is 11.6 Å². The number of halogens is 1. The molecule has 0 aromatic heterocycles. The third-order valence-corrected chi connectivity index (χ3v) is 3.75. The van der Waals surface area contributed by atoms with Crippen LogP contribution in [0.15, 0.2) is 22.6 Å². The van der Waals surface area contributed by atoms with Crippen molar-refractivity contribution in [3.05, 3.63) is 34.3 Å². The van der Waals surface area contributed by atoms with Gasteiger partial charge >= 0.3 is 0 Å². The minimum atomic E-state index is -1.24. The van der Waals surface area contributed by atoms with Crippen LogP contribution in [0.1, 0.15) is 31.9 Å². The fourth-order valence-corrected chi connectivity index (χ4v) is 1.85.